The highest BCUT2D eigenvalue weighted by Crippen LogP contribution is 2.37. The van der Waals surface area contributed by atoms with E-state index >= 15 is 0 Å². The van der Waals surface area contributed by atoms with Gasteiger partial charge in [0.2, 0.25) is 5.91 Å². The summed E-state index contributed by atoms with van der Waals surface area (Å²) in [5, 5.41) is 10.3. The molecule has 190 valence electrons. The normalized spacial score (nSPS) is 13.3. The first-order valence-electron chi connectivity index (χ1n) is 12.9. The predicted molar refractivity (Wildman–Crippen MR) is 147 cm³/mol. The number of hydrogen-bond donors (Lipinski definition) is 0. The predicted octanol–water partition coefficient (Wildman–Crippen LogP) is 6.15. The Kier molecular flexibility index (Phi) is 7.70. The molecule has 1 heterocycles. The van der Waals surface area contributed by atoms with Crippen LogP contribution in [0.15, 0.2) is 115 Å². The molecule has 0 unspecified atom stereocenters. The van der Waals surface area contributed by atoms with Crippen molar-refractivity contribution in [2.45, 2.75) is 31.0 Å². The van der Waals surface area contributed by atoms with Crippen molar-refractivity contribution in [1.29, 1.82) is 5.26 Å². The molecule has 0 atom stereocenters. The number of carbonyl (C=O) groups excluding carboxylic acids is 1. The summed E-state index contributed by atoms with van der Waals surface area (Å²) < 4.78 is 12.2. The minimum atomic E-state index is -0.881. The summed E-state index contributed by atoms with van der Waals surface area (Å²) in [6.45, 7) is 1.49. The first-order chi connectivity index (χ1) is 18.7. The maximum Gasteiger partial charge on any atom is 0.222 e. The van der Waals surface area contributed by atoms with Gasteiger partial charge >= 0.3 is 0 Å². The second kappa shape index (κ2) is 11.7. The standard InChI is InChI=1S/C33H30N2O3/c34-25-33(27-14-6-2-7-15-27,28-16-8-3-9-17-28)21-20-32(36)35-22-29(23-35)38-31-19-11-10-18-30(31)37-24-26-12-4-1-5-13-26/h1-19,29H,20-24H2. The number of nitrogens with zero attached hydrogens (tertiary/aromatic N) is 2. The molecule has 0 saturated carbocycles. The van der Waals surface area contributed by atoms with Crippen molar-refractivity contribution in [1.82, 2.24) is 4.90 Å². The Morgan fingerprint density at radius 3 is 1.89 bits per heavy atom. The number of hydrogen-bond acceptors (Lipinski definition) is 4. The summed E-state index contributed by atoms with van der Waals surface area (Å²) in [5.74, 6) is 1.40. The lowest BCUT2D eigenvalue weighted by molar-refractivity contribution is -0.140. The lowest BCUT2D eigenvalue weighted by Gasteiger charge is -2.39. The van der Waals surface area contributed by atoms with Crippen LogP contribution in [0.2, 0.25) is 0 Å². The zero-order valence-electron chi connectivity index (χ0n) is 21.2. The van der Waals surface area contributed by atoms with Gasteiger partial charge in [-0.3, -0.25) is 4.79 Å². The van der Waals surface area contributed by atoms with Gasteiger partial charge in [0.15, 0.2) is 11.5 Å². The fourth-order valence-corrected chi connectivity index (χ4v) is 4.84. The van der Waals surface area contributed by atoms with Crippen molar-refractivity contribution in [3.05, 3.63) is 132 Å². The van der Waals surface area contributed by atoms with Gasteiger partial charge in [0, 0.05) is 6.42 Å². The highest BCUT2D eigenvalue weighted by Gasteiger charge is 2.38. The van der Waals surface area contributed by atoms with E-state index < -0.39 is 5.41 Å². The minimum Gasteiger partial charge on any atom is -0.485 e. The summed E-state index contributed by atoms with van der Waals surface area (Å²) in [7, 11) is 0. The monoisotopic (exact) mass is 502 g/mol. The molecule has 0 aliphatic carbocycles. The molecule has 0 bridgehead atoms. The molecule has 0 spiro atoms. The van der Waals surface area contributed by atoms with Gasteiger partial charge in [0.05, 0.1) is 19.2 Å². The van der Waals surface area contributed by atoms with Crippen molar-refractivity contribution < 1.29 is 14.3 Å². The van der Waals surface area contributed by atoms with Crippen LogP contribution in [0.25, 0.3) is 0 Å². The molecule has 0 aromatic heterocycles. The summed E-state index contributed by atoms with van der Waals surface area (Å²) in [6, 6.07) is 39.6. The number of likely N-dealkylation sites (tertiary alicyclic amines) is 1. The maximum atomic E-state index is 13.1. The molecule has 4 aromatic carbocycles. The van der Waals surface area contributed by atoms with Crippen LogP contribution in [-0.2, 0) is 16.8 Å². The van der Waals surface area contributed by atoms with Crippen molar-refractivity contribution >= 4 is 5.91 Å². The van der Waals surface area contributed by atoms with E-state index in [-0.39, 0.29) is 18.4 Å². The molecule has 0 radical (unpaired) electrons. The third-order valence-corrected chi connectivity index (χ3v) is 7.02. The molecule has 1 aliphatic heterocycles. The van der Waals surface area contributed by atoms with Gasteiger partial charge in [-0.25, -0.2) is 0 Å². The Bertz CT molecular complexity index is 1340. The van der Waals surface area contributed by atoms with Gasteiger partial charge in [0.1, 0.15) is 18.1 Å². The second-order valence-electron chi connectivity index (χ2n) is 9.51. The highest BCUT2D eigenvalue weighted by molar-refractivity contribution is 5.77. The van der Waals surface area contributed by atoms with Crippen LogP contribution in [0.5, 0.6) is 11.5 Å². The number of ether oxygens (including phenoxy) is 2. The zero-order chi connectivity index (χ0) is 26.2. The molecule has 1 aliphatic rings. The minimum absolute atomic E-state index is 0.0324. The largest absolute Gasteiger partial charge is 0.485 e. The topological polar surface area (TPSA) is 62.6 Å². The Hall–Kier alpha value is -4.56. The van der Waals surface area contributed by atoms with Crippen LogP contribution in [-0.4, -0.2) is 30.0 Å². The van der Waals surface area contributed by atoms with Crippen LogP contribution < -0.4 is 9.47 Å². The van der Waals surface area contributed by atoms with E-state index in [0.29, 0.717) is 37.6 Å². The molecule has 0 N–H and O–H groups in total. The first-order valence-corrected chi connectivity index (χ1v) is 12.9. The van der Waals surface area contributed by atoms with Crippen LogP contribution in [0.4, 0.5) is 0 Å². The van der Waals surface area contributed by atoms with Crippen molar-refractivity contribution in [3.8, 4) is 17.6 Å². The molecular formula is C33H30N2O3. The van der Waals surface area contributed by atoms with E-state index in [1.165, 1.54) is 0 Å². The molecular weight excluding hydrogens is 472 g/mol. The van der Waals surface area contributed by atoms with Gasteiger partial charge in [-0.05, 0) is 35.2 Å². The third-order valence-electron chi connectivity index (χ3n) is 7.02. The van der Waals surface area contributed by atoms with Crippen LogP contribution in [0, 0.1) is 11.3 Å². The summed E-state index contributed by atoms with van der Waals surface area (Å²) in [5.41, 5.74) is 2.01. The number of amides is 1. The Labute approximate surface area is 223 Å². The molecule has 5 rings (SSSR count). The number of para-hydroxylation sites is 2. The maximum absolute atomic E-state index is 13.1. The molecule has 4 aromatic rings. The van der Waals surface area contributed by atoms with E-state index in [9.17, 15) is 10.1 Å². The number of benzene rings is 4. The van der Waals surface area contributed by atoms with Gasteiger partial charge < -0.3 is 14.4 Å². The number of carbonyl (C=O) groups is 1. The number of rotatable bonds is 10. The van der Waals surface area contributed by atoms with Gasteiger partial charge in [-0.1, -0.05) is 103 Å². The van der Waals surface area contributed by atoms with E-state index in [4.69, 9.17) is 9.47 Å². The summed E-state index contributed by atoms with van der Waals surface area (Å²) >= 11 is 0. The molecule has 1 amide bonds. The second-order valence-corrected chi connectivity index (χ2v) is 9.51. The molecule has 38 heavy (non-hydrogen) atoms. The van der Waals surface area contributed by atoms with Gasteiger partial charge in [-0.2, -0.15) is 5.26 Å². The van der Waals surface area contributed by atoms with E-state index in [1.807, 2.05) is 115 Å². The van der Waals surface area contributed by atoms with Crippen molar-refractivity contribution in [2.24, 2.45) is 0 Å². The smallest absolute Gasteiger partial charge is 0.222 e. The Balaban J connectivity index is 1.19. The SMILES string of the molecule is N#CC(CCC(=O)N1CC(Oc2ccccc2OCc2ccccc2)C1)(c1ccccc1)c1ccccc1. The Morgan fingerprint density at radius 1 is 0.789 bits per heavy atom. The molecule has 5 heteroatoms. The van der Waals surface area contributed by atoms with Gasteiger partial charge in [-0.15, -0.1) is 0 Å². The fourth-order valence-electron chi connectivity index (χ4n) is 4.84. The van der Waals surface area contributed by atoms with Crippen molar-refractivity contribution in [2.75, 3.05) is 13.1 Å². The summed E-state index contributed by atoms with van der Waals surface area (Å²) in [6.07, 6.45) is 0.597. The Morgan fingerprint density at radius 2 is 1.32 bits per heavy atom. The zero-order valence-corrected chi connectivity index (χ0v) is 21.2. The van der Waals surface area contributed by atoms with E-state index in [1.54, 1.807) is 4.90 Å². The molecule has 5 nitrogen and oxygen atoms in total. The average molecular weight is 503 g/mol. The lowest BCUT2D eigenvalue weighted by Crippen LogP contribution is -2.56. The van der Waals surface area contributed by atoms with Crippen LogP contribution in [0.3, 0.4) is 0 Å². The fraction of sp³-hybridized carbons (Fsp3) is 0.212. The van der Waals surface area contributed by atoms with E-state index in [0.717, 1.165) is 16.7 Å². The van der Waals surface area contributed by atoms with Gasteiger partial charge in [0.25, 0.3) is 0 Å². The lowest BCUT2D eigenvalue weighted by atomic mass is 9.72. The third kappa shape index (κ3) is 5.55. The first kappa shape index (κ1) is 25.1. The average Bonchev–Trinajstić information content (AvgIpc) is 2.96. The molecule has 1 fully saturated rings. The number of nitriles is 1. The summed E-state index contributed by atoms with van der Waals surface area (Å²) in [4.78, 5) is 14.9. The van der Waals surface area contributed by atoms with Crippen molar-refractivity contribution in [3.63, 3.8) is 0 Å². The quantitative estimate of drug-likeness (QED) is 0.261. The van der Waals surface area contributed by atoms with E-state index in [2.05, 4.69) is 6.07 Å². The van der Waals surface area contributed by atoms with Crippen LogP contribution in [0.1, 0.15) is 29.5 Å². The van der Waals surface area contributed by atoms with Crippen LogP contribution >= 0.6 is 0 Å². The highest BCUT2D eigenvalue weighted by atomic mass is 16.5. The molecule has 1 saturated heterocycles.